The number of methoxy groups -OCH3 is 1. The van der Waals surface area contributed by atoms with E-state index in [0.717, 1.165) is 17.0 Å². The van der Waals surface area contributed by atoms with Gasteiger partial charge in [-0.1, -0.05) is 0 Å². The molecule has 1 saturated carbocycles. The van der Waals surface area contributed by atoms with Crippen molar-refractivity contribution in [1.82, 2.24) is 15.1 Å². The second kappa shape index (κ2) is 10.5. The molecule has 1 saturated heterocycles. The van der Waals surface area contributed by atoms with Crippen molar-refractivity contribution in [2.45, 2.75) is 63.4 Å². The molecule has 2 heterocycles. The lowest BCUT2D eigenvalue weighted by Crippen LogP contribution is -2.54. The zero-order valence-electron chi connectivity index (χ0n) is 21.8. The molecule has 2 aliphatic heterocycles. The minimum absolute atomic E-state index is 0.0138. The lowest BCUT2D eigenvalue weighted by Gasteiger charge is -2.41. The SMILES string of the molecule is COC(=O)NCCN1C(=O)C2(CC2)Oc2cc(C(F)(F)F)c(C(=O)N(C(C)C)[C@@H]3CCCN(C(=O)O)C3)cc21. The number of halogens is 3. The summed E-state index contributed by atoms with van der Waals surface area (Å²) in [5.41, 5.74) is -3.16. The van der Waals surface area contributed by atoms with Gasteiger partial charge in [-0.15, -0.1) is 0 Å². The van der Waals surface area contributed by atoms with E-state index in [1.807, 2.05) is 0 Å². The van der Waals surface area contributed by atoms with E-state index in [4.69, 9.17) is 4.74 Å². The number of amides is 4. The van der Waals surface area contributed by atoms with Crippen LogP contribution < -0.4 is 15.0 Å². The van der Waals surface area contributed by atoms with E-state index < -0.39 is 59.0 Å². The predicted molar refractivity (Wildman–Crippen MR) is 131 cm³/mol. The zero-order chi connectivity index (χ0) is 28.7. The number of likely N-dealkylation sites (tertiary alicyclic amines) is 1. The Balaban J connectivity index is 1.76. The van der Waals surface area contributed by atoms with Gasteiger partial charge in [-0.05, 0) is 38.8 Å². The summed E-state index contributed by atoms with van der Waals surface area (Å²) in [4.78, 5) is 53.8. The van der Waals surface area contributed by atoms with Gasteiger partial charge in [0.05, 0.1) is 30.0 Å². The number of carbonyl (C=O) groups excluding carboxylic acids is 3. The summed E-state index contributed by atoms with van der Waals surface area (Å²) in [6.07, 6.45) is -5.28. The molecule has 1 aromatic rings. The smallest absolute Gasteiger partial charge is 0.417 e. The molecule has 0 radical (unpaired) electrons. The van der Waals surface area contributed by atoms with Crippen molar-refractivity contribution >= 4 is 29.7 Å². The van der Waals surface area contributed by atoms with Gasteiger partial charge in [-0.25, -0.2) is 9.59 Å². The molecule has 1 atom stereocenters. The summed E-state index contributed by atoms with van der Waals surface area (Å²) in [7, 11) is 1.17. The second-order valence-corrected chi connectivity index (χ2v) is 10.2. The van der Waals surface area contributed by atoms with Gasteiger partial charge in [-0.2, -0.15) is 13.2 Å². The average Bonchev–Trinajstić information content (AvgIpc) is 3.65. The molecule has 4 amide bonds. The number of carboxylic acid groups (broad SMARTS) is 1. The van der Waals surface area contributed by atoms with E-state index in [2.05, 4.69) is 10.1 Å². The molecule has 0 unspecified atom stereocenters. The topological polar surface area (TPSA) is 129 Å². The van der Waals surface area contributed by atoms with Crippen molar-refractivity contribution in [3.8, 4) is 5.75 Å². The highest BCUT2D eigenvalue weighted by Crippen LogP contribution is 2.51. The number of nitrogens with one attached hydrogen (secondary N) is 1. The van der Waals surface area contributed by atoms with Crippen LogP contribution in [-0.2, 0) is 15.7 Å². The predicted octanol–water partition coefficient (Wildman–Crippen LogP) is 3.31. The Hall–Kier alpha value is -3.71. The van der Waals surface area contributed by atoms with Gasteiger partial charge in [-0.3, -0.25) is 9.59 Å². The van der Waals surface area contributed by atoms with Gasteiger partial charge in [0, 0.05) is 45.1 Å². The number of piperidine rings is 1. The number of fused-ring (bicyclic) bond motifs is 1. The maximum Gasteiger partial charge on any atom is 0.417 e. The summed E-state index contributed by atoms with van der Waals surface area (Å²) in [6.45, 7) is 3.41. The largest absolute Gasteiger partial charge is 0.475 e. The highest BCUT2D eigenvalue weighted by atomic mass is 19.4. The summed E-state index contributed by atoms with van der Waals surface area (Å²) >= 11 is 0. The standard InChI is InChI=1S/C25H31F3N4O7/c1-14(2)32(15-5-4-9-30(13-15)23(36)37)20(33)16-11-18-19(12-17(16)25(26,27)28)39-24(6-7-24)21(34)31(18)10-8-29-22(35)38-3/h11-12,14-15H,4-10,13H2,1-3H3,(H,29,35)(H,36,37)/t15-/m1/s1. The van der Waals surface area contributed by atoms with Gasteiger partial charge in [0.2, 0.25) is 0 Å². The maximum atomic E-state index is 14.3. The molecule has 1 aliphatic carbocycles. The molecule has 3 aliphatic rings. The zero-order valence-corrected chi connectivity index (χ0v) is 21.8. The number of nitrogens with zero attached hydrogens (tertiary/aromatic N) is 3. The van der Waals surface area contributed by atoms with Crippen LogP contribution in [0.4, 0.5) is 28.4 Å². The molecule has 14 heteroatoms. The summed E-state index contributed by atoms with van der Waals surface area (Å²) in [5.74, 6) is -1.58. The molecule has 0 bridgehead atoms. The van der Waals surface area contributed by atoms with Crippen LogP contribution in [-0.4, -0.2) is 89.9 Å². The molecule has 1 aromatic carbocycles. The van der Waals surface area contributed by atoms with Crippen molar-refractivity contribution < 1.29 is 46.9 Å². The third-order valence-electron chi connectivity index (χ3n) is 7.21. The molecule has 1 spiro atoms. The Morgan fingerprint density at radius 3 is 2.54 bits per heavy atom. The number of alkyl carbamates (subject to hydrolysis) is 1. The van der Waals surface area contributed by atoms with E-state index in [0.29, 0.717) is 25.7 Å². The van der Waals surface area contributed by atoms with Crippen molar-refractivity contribution in [2.75, 3.05) is 38.2 Å². The van der Waals surface area contributed by atoms with E-state index >= 15 is 0 Å². The van der Waals surface area contributed by atoms with E-state index in [1.165, 1.54) is 16.9 Å². The van der Waals surface area contributed by atoms with E-state index in [-0.39, 0.29) is 37.6 Å². The highest BCUT2D eigenvalue weighted by Gasteiger charge is 2.58. The Morgan fingerprint density at radius 2 is 1.97 bits per heavy atom. The van der Waals surface area contributed by atoms with Crippen LogP contribution >= 0.6 is 0 Å². The van der Waals surface area contributed by atoms with E-state index in [9.17, 15) is 37.5 Å². The van der Waals surface area contributed by atoms with Crippen LogP contribution in [0, 0.1) is 0 Å². The molecular weight excluding hydrogens is 525 g/mol. The van der Waals surface area contributed by atoms with Crippen molar-refractivity contribution in [1.29, 1.82) is 0 Å². The van der Waals surface area contributed by atoms with Crippen LogP contribution in [0.3, 0.4) is 0 Å². The normalized spacial score (nSPS) is 19.9. The first kappa shape index (κ1) is 28.3. The van der Waals surface area contributed by atoms with Crippen LogP contribution in [0.1, 0.15) is 55.5 Å². The van der Waals surface area contributed by atoms with Crippen LogP contribution in [0.5, 0.6) is 5.75 Å². The number of hydrogen-bond donors (Lipinski definition) is 2. The number of carbonyl (C=O) groups is 4. The number of ether oxygens (including phenoxy) is 2. The number of rotatable bonds is 6. The minimum Gasteiger partial charge on any atom is -0.475 e. The first-order valence-corrected chi connectivity index (χ1v) is 12.7. The molecule has 4 rings (SSSR count). The number of alkyl halides is 3. The van der Waals surface area contributed by atoms with Crippen LogP contribution in [0.25, 0.3) is 0 Å². The van der Waals surface area contributed by atoms with Crippen LogP contribution in [0.2, 0.25) is 0 Å². The molecule has 0 aromatic heterocycles. The fourth-order valence-electron chi connectivity index (χ4n) is 5.19. The fraction of sp³-hybridized carbons (Fsp3) is 0.600. The lowest BCUT2D eigenvalue weighted by atomic mass is 9.97. The Labute approximate surface area is 222 Å². The molecule has 2 fully saturated rings. The highest BCUT2D eigenvalue weighted by molar-refractivity contribution is 6.06. The third-order valence-corrected chi connectivity index (χ3v) is 7.21. The van der Waals surface area contributed by atoms with Crippen molar-refractivity contribution in [3.63, 3.8) is 0 Å². The van der Waals surface area contributed by atoms with Gasteiger partial charge in [0.1, 0.15) is 5.75 Å². The number of benzene rings is 1. The summed E-state index contributed by atoms with van der Waals surface area (Å²) in [6, 6.07) is 0.589. The number of hydrogen-bond acceptors (Lipinski definition) is 6. The first-order chi connectivity index (χ1) is 18.3. The molecule has 2 N–H and O–H groups in total. The second-order valence-electron chi connectivity index (χ2n) is 10.2. The summed E-state index contributed by atoms with van der Waals surface area (Å²) in [5, 5.41) is 11.9. The van der Waals surface area contributed by atoms with Gasteiger partial charge in [0.25, 0.3) is 11.8 Å². The average molecular weight is 557 g/mol. The molecule has 11 nitrogen and oxygen atoms in total. The van der Waals surface area contributed by atoms with Crippen LogP contribution in [0.15, 0.2) is 12.1 Å². The van der Waals surface area contributed by atoms with Crippen molar-refractivity contribution in [3.05, 3.63) is 23.3 Å². The maximum absolute atomic E-state index is 14.3. The first-order valence-electron chi connectivity index (χ1n) is 12.7. The third kappa shape index (κ3) is 5.55. The molecular formula is C25H31F3N4O7. The monoisotopic (exact) mass is 556 g/mol. The Morgan fingerprint density at radius 1 is 1.28 bits per heavy atom. The minimum atomic E-state index is -4.92. The molecule has 39 heavy (non-hydrogen) atoms. The van der Waals surface area contributed by atoms with Gasteiger partial charge >= 0.3 is 18.4 Å². The molecule has 214 valence electrons. The fourth-order valence-corrected chi connectivity index (χ4v) is 5.19. The van der Waals surface area contributed by atoms with Gasteiger partial charge < -0.3 is 34.6 Å². The van der Waals surface area contributed by atoms with Crippen molar-refractivity contribution in [2.24, 2.45) is 0 Å². The Kier molecular flexibility index (Phi) is 7.59. The summed E-state index contributed by atoms with van der Waals surface area (Å²) < 4.78 is 53.2. The lowest BCUT2D eigenvalue weighted by molar-refractivity contribution is -0.138. The Bertz CT molecular complexity index is 1170. The van der Waals surface area contributed by atoms with Gasteiger partial charge in [0.15, 0.2) is 5.60 Å². The number of anilines is 1. The van der Waals surface area contributed by atoms with E-state index in [1.54, 1.807) is 13.8 Å². The quantitative estimate of drug-likeness (QED) is 0.550.